The van der Waals surface area contributed by atoms with Gasteiger partial charge in [-0.25, -0.2) is 0 Å². The number of hydrogen-bond acceptors (Lipinski definition) is 7. The highest BCUT2D eigenvalue weighted by atomic mass is 16.5. The van der Waals surface area contributed by atoms with Gasteiger partial charge in [-0.05, 0) is 61.4 Å². The van der Waals surface area contributed by atoms with E-state index < -0.39 is 0 Å². The first kappa shape index (κ1) is 45.0. The van der Waals surface area contributed by atoms with Crippen LogP contribution in [-0.4, -0.2) is 50.1 Å². The summed E-state index contributed by atoms with van der Waals surface area (Å²) < 4.78 is 17.0. The maximum atomic E-state index is 12.4. The lowest BCUT2D eigenvalue weighted by Crippen LogP contribution is -2.41. The van der Waals surface area contributed by atoms with Gasteiger partial charge in [-0.1, -0.05) is 117 Å². The molecule has 0 radical (unpaired) electrons. The number of benzene rings is 2. The van der Waals surface area contributed by atoms with Crippen molar-refractivity contribution in [2.75, 3.05) is 26.4 Å². The average molecular weight is 739 g/mol. The Kier molecular flexibility index (Phi) is 25.8. The summed E-state index contributed by atoms with van der Waals surface area (Å²) in [4.78, 5) is 48.9. The van der Waals surface area contributed by atoms with Crippen LogP contribution in [0.3, 0.4) is 0 Å². The van der Waals surface area contributed by atoms with Crippen molar-refractivity contribution < 1.29 is 33.4 Å². The third-order valence-electron chi connectivity index (χ3n) is 8.87. The number of unbranched alkanes of at least 4 members (excludes halogenated alkanes) is 16. The molecule has 0 heterocycles. The number of nitrogens with one attached hydrogen (secondary N) is 4. The maximum absolute atomic E-state index is 12.4. The Morgan fingerprint density at radius 1 is 0.415 bits per heavy atom. The van der Waals surface area contributed by atoms with Gasteiger partial charge in [-0.15, -0.1) is 0 Å². The molecule has 0 saturated heterocycles. The number of hydrogen-bond donors (Lipinski definition) is 4. The molecule has 0 atom stereocenters. The van der Waals surface area contributed by atoms with E-state index in [0.717, 1.165) is 38.5 Å². The molecule has 296 valence electrons. The molecule has 11 heteroatoms. The molecule has 4 amide bonds. The van der Waals surface area contributed by atoms with Crippen LogP contribution >= 0.6 is 0 Å². The zero-order valence-electron chi connectivity index (χ0n) is 32.4. The van der Waals surface area contributed by atoms with Crippen LogP contribution in [0.1, 0.15) is 163 Å². The van der Waals surface area contributed by atoms with Gasteiger partial charge in [-0.3, -0.25) is 40.9 Å². The molecule has 0 aromatic heterocycles. The van der Waals surface area contributed by atoms with Crippen LogP contribution in [0.15, 0.2) is 48.5 Å². The summed E-state index contributed by atoms with van der Waals surface area (Å²) in [7, 11) is 0. The lowest BCUT2D eigenvalue weighted by atomic mass is 10.1. The number of carbonyl (C=O) groups is 4. The minimum absolute atomic E-state index is 0.188. The van der Waals surface area contributed by atoms with Crippen LogP contribution in [0.5, 0.6) is 11.5 Å². The van der Waals surface area contributed by atoms with Gasteiger partial charge in [0.1, 0.15) is 24.7 Å². The zero-order chi connectivity index (χ0) is 38.2. The van der Waals surface area contributed by atoms with Crippen molar-refractivity contribution in [1.82, 2.24) is 21.7 Å². The van der Waals surface area contributed by atoms with Crippen LogP contribution in [-0.2, 0) is 14.3 Å². The molecule has 11 nitrogen and oxygen atoms in total. The number of amides is 4. The highest BCUT2D eigenvalue weighted by Crippen LogP contribution is 2.14. The Morgan fingerprint density at radius 2 is 0.736 bits per heavy atom. The maximum Gasteiger partial charge on any atom is 0.269 e. The molecule has 0 unspecified atom stereocenters. The second kappa shape index (κ2) is 30.4. The highest BCUT2D eigenvalue weighted by Gasteiger charge is 2.09. The molecular weight excluding hydrogens is 672 g/mol. The average Bonchev–Trinajstić information content (AvgIpc) is 3.17. The lowest BCUT2D eigenvalue weighted by Gasteiger charge is -2.10. The minimum Gasteiger partial charge on any atom is -0.491 e. The summed E-state index contributed by atoms with van der Waals surface area (Å²) in [5.41, 5.74) is 10.7. The third-order valence-corrected chi connectivity index (χ3v) is 8.87. The van der Waals surface area contributed by atoms with Gasteiger partial charge in [0.2, 0.25) is 11.8 Å². The fraction of sp³-hybridized carbons (Fsp3) is 0.619. The van der Waals surface area contributed by atoms with Gasteiger partial charge in [0, 0.05) is 24.0 Å². The van der Waals surface area contributed by atoms with E-state index in [-0.39, 0.29) is 23.6 Å². The predicted octanol–water partition coefficient (Wildman–Crippen LogP) is 8.52. The molecule has 0 bridgehead atoms. The predicted molar refractivity (Wildman–Crippen MR) is 210 cm³/mol. The van der Waals surface area contributed by atoms with E-state index in [4.69, 9.17) is 14.2 Å². The van der Waals surface area contributed by atoms with E-state index in [1.807, 2.05) is 0 Å². The summed E-state index contributed by atoms with van der Waals surface area (Å²) in [6, 6.07) is 13.3. The quantitative estimate of drug-likeness (QED) is 0.0465. The van der Waals surface area contributed by atoms with Crippen LogP contribution < -0.4 is 31.2 Å². The van der Waals surface area contributed by atoms with Crippen LogP contribution in [0.25, 0.3) is 0 Å². The van der Waals surface area contributed by atoms with Gasteiger partial charge < -0.3 is 14.2 Å². The van der Waals surface area contributed by atoms with Crippen LogP contribution in [0, 0.1) is 0 Å². The molecule has 0 aliphatic heterocycles. The van der Waals surface area contributed by atoms with E-state index in [9.17, 15) is 19.2 Å². The molecule has 4 N–H and O–H groups in total. The Hall–Kier alpha value is -4.12. The smallest absolute Gasteiger partial charge is 0.269 e. The van der Waals surface area contributed by atoms with E-state index in [2.05, 4.69) is 35.6 Å². The Balaban J connectivity index is 1.47. The first-order valence-corrected chi connectivity index (χ1v) is 20.1. The van der Waals surface area contributed by atoms with Gasteiger partial charge in [0.25, 0.3) is 11.8 Å². The summed E-state index contributed by atoms with van der Waals surface area (Å²) in [6.07, 6.45) is 22.1. The van der Waals surface area contributed by atoms with Crippen molar-refractivity contribution in [3.8, 4) is 11.5 Å². The van der Waals surface area contributed by atoms with Gasteiger partial charge in [0.05, 0.1) is 13.2 Å². The van der Waals surface area contributed by atoms with Crippen molar-refractivity contribution in [3.05, 3.63) is 59.7 Å². The van der Waals surface area contributed by atoms with Crippen LogP contribution in [0.2, 0.25) is 0 Å². The van der Waals surface area contributed by atoms with E-state index in [1.54, 1.807) is 48.5 Å². The molecule has 2 aromatic carbocycles. The summed E-state index contributed by atoms with van der Waals surface area (Å²) >= 11 is 0. The standard InChI is InChI=1S/C42H66N4O7/c1-3-5-7-9-11-13-15-17-19-21-39(47)43-45-41(49)35-23-27-37(28-24-35)52-33-31-51-32-34-53-38-29-25-36(26-30-38)42(50)46-44-40(48)22-20-18-16-14-12-10-8-6-4-2/h23-30H,3-22,31-34H2,1-2H3,(H,43,47)(H,44,48)(H,45,49)(H,46,50). The SMILES string of the molecule is CCCCCCCCCCCC(=O)NNC(=O)c1ccc(OCCOCCOc2ccc(C(=O)NNC(=O)CCCCCCCCCCC)cc2)cc1. The molecule has 53 heavy (non-hydrogen) atoms. The molecule has 2 rings (SSSR count). The summed E-state index contributed by atoms with van der Waals surface area (Å²) in [5.74, 6) is 0.0394. The Labute approximate surface area is 318 Å². The number of rotatable bonds is 30. The largest absolute Gasteiger partial charge is 0.491 e. The second-order valence-electron chi connectivity index (χ2n) is 13.5. The molecule has 0 aliphatic rings. The Bertz CT molecular complexity index is 1170. The van der Waals surface area contributed by atoms with Crippen LogP contribution in [0.4, 0.5) is 0 Å². The van der Waals surface area contributed by atoms with Crippen molar-refractivity contribution in [3.63, 3.8) is 0 Å². The number of ether oxygens (including phenoxy) is 3. The number of hydrazine groups is 2. The summed E-state index contributed by atoms with van der Waals surface area (Å²) in [5, 5.41) is 0. The molecule has 0 fully saturated rings. The molecule has 2 aromatic rings. The summed E-state index contributed by atoms with van der Waals surface area (Å²) in [6.45, 7) is 5.77. The van der Waals surface area contributed by atoms with Gasteiger partial charge in [-0.2, -0.15) is 0 Å². The number of carbonyl (C=O) groups excluding carboxylic acids is 4. The van der Waals surface area contributed by atoms with E-state index >= 15 is 0 Å². The lowest BCUT2D eigenvalue weighted by molar-refractivity contribution is -0.122. The fourth-order valence-corrected chi connectivity index (χ4v) is 5.66. The van der Waals surface area contributed by atoms with E-state index in [0.29, 0.717) is 61.9 Å². The van der Waals surface area contributed by atoms with Gasteiger partial charge in [0.15, 0.2) is 0 Å². The van der Waals surface area contributed by atoms with E-state index in [1.165, 1.54) is 77.0 Å². The monoisotopic (exact) mass is 738 g/mol. The van der Waals surface area contributed by atoms with Crippen molar-refractivity contribution >= 4 is 23.6 Å². The molecular formula is C42H66N4O7. The molecule has 0 saturated carbocycles. The highest BCUT2D eigenvalue weighted by molar-refractivity contribution is 5.96. The normalized spacial score (nSPS) is 10.8. The topological polar surface area (TPSA) is 144 Å². The first-order chi connectivity index (χ1) is 25.9. The molecule has 0 aliphatic carbocycles. The van der Waals surface area contributed by atoms with Gasteiger partial charge >= 0.3 is 0 Å². The fourth-order valence-electron chi connectivity index (χ4n) is 5.66. The second-order valence-corrected chi connectivity index (χ2v) is 13.5. The minimum atomic E-state index is -0.387. The Morgan fingerprint density at radius 3 is 1.08 bits per heavy atom. The molecule has 0 spiro atoms. The van der Waals surface area contributed by atoms with Crippen molar-refractivity contribution in [2.45, 2.75) is 142 Å². The zero-order valence-corrected chi connectivity index (χ0v) is 32.4. The first-order valence-electron chi connectivity index (χ1n) is 20.1. The third kappa shape index (κ3) is 23.2. The van der Waals surface area contributed by atoms with Crippen molar-refractivity contribution in [2.24, 2.45) is 0 Å². The van der Waals surface area contributed by atoms with Crippen molar-refractivity contribution in [1.29, 1.82) is 0 Å².